The molecule has 0 aliphatic heterocycles. The summed E-state index contributed by atoms with van der Waals surface area (Å²) in [6.45, 7) is 11.2. The molecule has 2 N–H and O–H groups in total. The fraction of sp³-hybridized carbons (Fsp3) is 0.391. The van der Waals surface area contributed by atoms with Crippen molar-refractivity contribution in [2.24, 2.45) is 0 Å². The molecule has 2 rings (SSSR count). The van der Waals surface area contributed by atoms with Gasteiger partial charge >= 0.3 is 6.09 Å². The molecule has 0 saturated carbocycles. The second-order valence-electron chi connectivity index (χ2n) is 8.14. The molecule has 0 aliphatic rings. The molecule has 156 valence electrons. The van der Waals surface area contributed by atoms with Crippen molar-refractivity contribution in [3.8, 4) is 5.75 Å². The topological polar surface area (TPSA) is 76.7 Å². The van der Waals surface area contributed by atoms with Crippen molar-refractivity contribution in [1.82, 2.24) is 5.32 Å². The Balaban J connectivity index is 2.00. The van der Waals surface area contributed by atoms with Crippen LogP contribution in [-0.2, 0) is 4.74 Å². The summed E-state index contributed by atoms with van der Waals surface area (Å²) >= 11 is 0. The van der Waals surface area contributed by atoms with Gasteiger partial charge in [0.05, 0.1) is 12.1 Å². The van der Waals surface area contributed by atoms with E-state index in [1.165, 1.54) is 0 Å². The van der Waals surface area contributed by atoms with Crippen molar-refractivity contribution in [1.29, 1.82) is 0 Å². The monoisotopic (exact) mass is 398 g/mol. The highest BCUT2D eigenvalue weighted by molar-refractivity contribution is 5.96. The Morgan fingerprint density at radius 2 is 1.62 bits per heavy atom. The second kappa shape index (κ2) is 9.45. The van der Waals surface area contributed by atoms with E-state index in [2.05, 4.69) is 10.6 Å². The van der Waals surface area contributed by atoms with Crippen LogP contribution in [0, 0.1) is 0 Å². The van der Waals surface area contributed by atoms with Crippen molar-refractivity contribution < 1.29 is 19.1 Å². The SMILES string of the molecule is CC(C)Oc1ccc(C(C)NC(=O)c2cccc(NC(=O)OC(C)(C)C)c2)cc1. The lowest BCUT2D eigenvalue weighted by Crippen LogP contribution is -2.28. The largest absolute Gasteiger partial charge is 0.491 e. The van der Waals surface area contributed by atoms with Crippen LogP contribution < -0.4 is 15.4 Å². The van der Waals surface area contributed by atoms with Gasteiger partial charge in [-0.15, -0.1) is 0 Å². The van der Waals surface area contributed by atoms with Crippen LogP contribution in [0.3, 0.4) is 0 Å². The number of amides is 2. The Morgan fingerprint density at radius 1 is 0.966 bits per heavy atom. The smallest absolute Gasteiger partial charge is 0.412 e. The van der Waals surface area contributed by atoms with Gasteiger partial charge in [-0.1, -0.05) is 18.2 Å². The standard InChI is InChI=1S/C23H30N2O4/c1-15(2)28-20-12-10-17(11-13-20)16(3)24-21(26)18-8-7-9-19(14-18)25-22(27)29-23(4,5)6/h7-16H,1-6H3,(H,24,26)(H,25,27). The average molecular weight is 399 g/mol. The summed E-state index contributed by atoms with van der Waals surface area (Å²) in [6, 6.07) is 14.2. The van der Waals surface area contributed by atoms with E-state index in [0.29, 0.717) is 11.3 Å². The van der Waals surface area contributed by atoms with E-state index in [1.807, 2.05) is 45.0 Å². The second-order valence-corrected chi connectivity index (χ2v) is 8.14. The van der Waals surface area contributed by atoms with Gasteiger partial charge in [0.2, 0.25) is 0 Å². The van der Waals surface area contributed by atoms with Crippen molar-refractivity contribution in [2.75, 3.05) is 5.32 Å². The number of ether oxygens (including phenoxy) is 2. The zero-order chi connectivity index (χ0) is 21.6. The Kier molecular flexibility index (Phi) is 7.26. The molecule has 0 bridgehead atoms. The van der Waals surface area contributed by atoms with Crippen LogP contribution in [0.25, 0.3) is 0 Å². The molecule has 29 heavy (non-hydrogen) atoms. The van der Waals surface area contributed by atoms with Gasteiger partial charge in [-0.05, 0) is 77.4 Å². The van der Waals surface area contributed by atoms with Crippen LogP contribution in [0.15, 0.2) is 48.5 Å². The third-order valence-electron chi connectivity index (χ3n) is 3.87. The molecule has 0 spiro atoms. The maximum Gasteiger partial charge on any atom is 0.412 e. The van der Waals surface area contributed by atoms with E-state index in [1.54, 1.807) is 45.0 Å². The molecule has 2 aromatic rings. The maximum atomic E-state index is 12.6. The fourth-order valence-corrected chi connectivity index (χ4v) is 2.63. The molecule has 0 radical (unpaired) electrons. The maximum absolute atomic E-state index is 12.6. The van der Waals surface area contributed by atoms with E-state index in [-0.39, 0.29) is 18.1 Å². The van der Waals surface area contributed by atoms with Crippen LogP contribution >= 0.6 is 0 Å². The summed E-state index contributed by atoms with van der Waals surface area (Å²) in [7, 11) is 0. The van der Waals surface area contributed by atoms with Gasteiger partial charge in [-0.3, -0.25) is 10.1 Å². The van der Waals surface area contributed by atoms with Crippen molar-refractivity contribution >= 4 is 17.7 Å². The molecule has 2 amide bonds. The summed E-state index contributed by atoms with van der Waals surface area (Å²) in [5.41, 5.74) is 1.32. The zero-order valence-corrected chi connectivity index (χ0v) is 17.9. The Morgan fingerprint density at radius 3 is 2.21 bits per heavy atom. The lowest BCUT2D eigenvalue weighted by molar-refractivity contribution is 0.0635. The van der Waals surface area contributed by atoms with E-state index >= 15 is 0 Å². The minimum absolute atomic E-state index is 0.111. The molecule has 1 unspecified atom stereocenters. The first-order valence-corrected chi connectivity index (χ1v) is 9.71. The minimum Gasteiger partial charge on any atom is -0.491 e. The van der Waals surface area contributed by atoms with Crippen molar-refractivity contribution in [3.05, 3.63) is 59.7 Å². The number of benzene rings is 2. The lowest BCUT2D eigenvalue weighted by Gasteiger charge is -2.20. The Bertz CT molecular complexity index is 839. The number of hydrogen-bond donors (Lipinski definition) is 2. The fourth-order valence-electron chi connectivity index (χ4n) is 2.63. The van der Waals surface area contributed by atoms with Gasteiger partial charge in [0.25, 0.3) is 5.91 Å². The molecular formula is C23H30N2O4. The first kappa shape index (κ1) is 22.3. The highest BCUT2D eigenvalue weighted by Gasteiger charge is 2.17. The molecule has 6 heteroatoms. The number of rotatable bonds is 6. The predicted molar refractivity (Wildman–Crippen MR) is 114 cm³/mol. The number of carbonyl (C=O) groups is 2. The molecule has 2 aromatic carbocycles. The molecule has 0 saturated heterocycles. The van der Waals surface area contributed by atoms with Crippen LogP contribution in [0.4, 0.5) is 10.5 Å². The third kappa shape index (κ3) is 7.49. The molecule has 0 aliphatic carbocycles. The van der Waals surface area contributed by atoms with Crippen LogP contribution in [0.2, 0.25) is 0 Å². The lowest BCUT2D eigenvalue weighted by atomic mass is 10.1. The zero-order valence-electron chi connectivity index (χ0n) is 17.9. The summed E-state index contributed by atoms with van der Waals surface area (Å²) in [5, 5.41) is 5.61. The number of carbonyl (C=O) groups excluding carboxylic acids is 2. The summed E-state index contributed by atoms with van der Waals surface area (Å²) in [6.07, 6.45) is -0.452. The van der Waals surface area contributed by atoms with Gasteiger partial charge in [0.1, 0.15) is 11.4 Å². The molecule has 0 heterocycles. The highest BCUT2D eigenvalue weighted by atomic mass is 16.6. The summed E-state index contributed by atoms with van der Waals surface area (Å²) in [4.78, 5) is 24.6. The highest BCUT2D eigenvalue weighted by Crippen LogP contribution is 2.20. The number of nitrogens with one attached hydrogen (secondary N) is 2. The Hall–Kier alpha value is -3.02. The molecule has 0 aromatic heterocycles. The van der Waals surface area contributed by atoms with Gasteiger partial charge in [0, 0.05) is 11.3 Å². The van der Waals surface area contributed by atoms with E-state index < -0.39 is 11.7 Å². The van der Waals surface area contributed by atoms with Gasteiger partial charge in [-0.25, -0.2) is 4.79 Å². The van der Waals surface area contributed by atoms with Crippen molar-refractivity contribution in [3.63, 3.8) is 0 Å². The summed E-state index contributed by atoms with van der Waals surface area (Å²) < 4.78 is 10.9. The summed E-state index contributed by atoms with van der Waals surface area (Å²) in [5.74, 6) is 0.566. The normalized spacial score (nSPS) is 12.2. The van der Waals surface area contributed by atoms with Gasteiger partial charge in [-0.2, -0.15) is 0 Å². The quantitative estimate of drug-likeness (QED) is 0.691. The van der Waals surface area contributed by atoms with Gasteiger partial charge < -0.3 is 14.8 Å². The molecule has 1 atom stereocenters. The van der Waals surface area contributed by atoms with E-state index in [4.69, 9.17) is 9.47 Å². The van der Waals surface area contributed by atoms with Crippen LogP contribution in [0.1, 0.15) is 63.5 Å². The molecule has 6 nitrogen and oxygen atoms in total. The van der Waals surface area contributed by atoms with Crippen LogP contribution in [-0.4, -0.2) is 23.7 Å². The Labute approximate surface area is 172 Å². The minimum atomic E-state index is -0.593. The predicted octanol–water partition coefficient (Wildman–Crippen LogP) is 5.31. The first-order chi connectivity index (χ1) is 13.5. The third-order valence-corrected chi connectivity index (χ3v) is 3.87. The van der Waals surface area contributed by atoms with Gasteiger partial charge in [0.15, 0.2) is 0 Å². The van der Waals surface area contributed by atoms with Crippen molar-refractivity contribution in [2.45, 2.75) is 59.3 Å². The first-order valence-electron chi connectivity index (χ1n) is 9.71. The average Bonchev–Trinajstić information content (AvgIpc) is 2.60. The molecular weight excluding hydrogens is 368 g/mol. The molecule has 0 fully saturated rings. The van der Waals surface area contributed by atoms with E-state index in [9.17, 15) is 9.59 Å². The number of hydrogen-bond acceptors (Lipinski definition) is 4. The van der Waals surface area contributed by atoms with E-state index in [0.717, 1.165) is 11.3 Å². The van der Waals surface area contributed by atoms with Crippen LogP contribution in [0.5, 0.6) is 5.75 Å². The number of anilines is 1.